The highest BCUT2D eigenvalue weighted by Gasteiger charge is 2.38. The molecule has 2 heteroatoms. The van der Waals surface area contributed by atoms with Crippen LogP contribution in [0.5, 0.6) is 0 Å². The van der Waals surface area contributed by atoms with Crippen LogP contribution in [-0.4, -0.2) is 0 Å². The van der Waals surface area contributed by atoms with Crippen LogP contribution in [0, 0.1) is 27.7 Å². The van der Waals surface area contributed by atoms with Gasteiger partial charge in [0.2, 0.25) is 0 Å². The molecule has 0 aliphatic carbocycles. The predicted octanol–water partition coefficient (Wildman–Crippen LogP) is 9.72. The Labute approximate surface area is 220 Å². The van der Waals surface area contributed by atoms with E-state index in [0.29, 0.717) is 0 Å². The predicted molar refractivity (Wildman–Crippen MR) is 154 cm³/mol. The Balaban J connectivity index is 1.69. The lowest BCUT2D eigenvalue weighted by Crippen LogP contribution is -2.31. The first-order valence-electron chi connectivity index (χ1n) is 12.8. The number of nitrogens with zero attached hydrogens (tertiary/aromatic N) is 2. The van der Waals surface area contributed by atoms with Crippen LogP contribution in [0.3, 0.4) is 0 Å². The van der Waals surface area contributed by atoms with Crippen molar-refractivity contribution in [1.29, 1.82) is 0 Å². The van der Waals surface area contributed by atoms with E-state index in [9.17, 15) is 0 Å². The van der Waals surface area contributed by atoms with Gasteiger partial charge in [-0.15, -0.1) is 0 Å². The maximum atomic E-state index is 4.52. The van der Waals surface area contributed by atoms with E-state index in [0.717, 1.165) is 11.4 Å². The van der Waals surface area contributed by atoms with Crippen LogP contribution in [-0.2, 0) is 5.41 Å². The van der Waals surface area contributed by atoms with Crippen molar-refractivity contribution in [3.05, 3.63) is 166 Å². The van der Waals surface area contributed by atoms with E-state index < -0.39 is 5.41 Å². The molecular formula is C35H32N2. The second kappa shape index (κ2) is 10.4. The standard InChI is InChI=1S/C35H32N2/c1-25-8-14-29(15-9-25)35(30-16-10-26(2)11-17-30,31-18-12-27(3)13-19-31)32-20-22-33(23-21-32)36-37-34-7-5-6-28(4)24-34/h5-24H,1-4H3. The van der Waals surface area contributed by atoms with Gasteiger partial charge in [0.15, 0.2) is 0 Å². The SMILES string of the molecule is Cc1ccc(C(c2ccc(C)cc2)(c2ccc(C)cc2)c2ccc(N=Nc3cccc(C)c3)cc2)cc1. The minimum Gasteiger partial charge on any atom is -0.151 e. The van der Waals surface area contributed by atoms with E-state index in [1.807, 2.05) is 18.2 Å². The largest absolute Gasteiger partial charge is 0.151 e. The summed E-state index contributed by atoms with van der Waals surface area (Å²) in [4.78, 5) is 0. The Hall–Kier alpha value is -4.30. The fourth-order valence-corrected chi connectivity index (χ4v) is 4.99. The Morgan fingerprint density at radius 2 is 0.757 bits per heavy atom. The zero-order valence-electron chi connectivity index (χ0n) is 21.9. The van der Waals surface area contributed by atoms with Gasteiger partial charge in [-0.25, -0.2) is 0 Å². The molecule has 5 aromatic carbocycles. The first kappa shape index (κ1) is 24.4. The lowest BCUT2D eigenvalue weighted by Gasteiger charge is -2.37. The van der Waals surface area contributed by atoms with E-state index in [1.54, 1.807) is 0 Å². The van der Waals surface area contributed by atoms with Gasteiger partial charge in [-0.2, -0.15) is 10.2 Å². The third-order valence-electron chi connectivity index (χ3n) is 7.04. The molecule has 5 aromatic rings. The smallest absolute Gasteiger partial charge is 0.0859 e. The number of hydrogen-bond acceptors (Lipinski definition) is 2. The molecule has 0 unspecified atom stereocenters. The zero-order chi connectivity index (χ0) is 25.8. The summed E-state index contributed by atoms with van der Waals surface area (Å²) in [6, 6.07) is 43.4. The molecule has 0 aromatic heterocycles. The highest BCUT2D eigenvalue weighted by atomic mass is 15.1. The van der Waals surface area contributed by atoms with Gasteiger partial charge >= 0.3 is 0 Å². The summed E-state index contributed by atoms with van der Waals surface area (Å²) >= 11 is 0. The van der Waals surface area contributed by atoms with E-state index in [1.165, 1.54) is 44.5 Å². The molecule has 0 heterocycles. The fourth-order valence-electron chi connectivity index (χ4n) is 4.99. The van der Waals surface area contributed by atoms with Crippen LogP contribution in [0.4, 0.5) is 11.4 Å². The normalized spacial score (nSPS) is 11.7. The maximum Gasteiger partial charge on any atom is 0.0859 e. The third kappa shape index (κ3) is 5.01. The van der Waals surface area contributed by atoms with Crippen LogP contribution >= 0.6 is 0 Å². The summed E-state index contributed by atoms with van der Waals surface area (Å²) in [7, 11) is 0. The highest BCUT2D eigenvalue weighted by Crippen LogP contribution is 2.45. The van der Waals surface area contributed by atoms with E-state index >= 15 is 0 Å². The zero-order valence-corrected chi connectivity index (χ0v) is 21.9. The van der Waals surface area contributed by atoms with Gasteiger partial charge in [-0.05, 0) is 79.8 Å². The molecule has 0 atom stereocenters. The van der Waals surface area contributed by atoms with Gasteiger partial charge in [0, 0.05) is 0 Å². The van der Waals surface area contributed by atoms with E-state index in [2.05, 4.69) is 141 Å². The molecule has 0 bridgehead atoms. The van der Waals surface area contributed by atoms with Crippen molar-refractivity contribution in [1.82, 2.24) is 0 Å². The molecule has 0 fully saturated rings. The van der Waals surface area contributed by atoms with Gasteiger partial charge in [-0.1, -0.05) is 114 Å². The molecule has 182 valence electrons. The summed E-state index contributed by atoms with van der Waals surface area (Å²) in [5, 5.41) is 8.98. The number of benzene rings is 5. The second-order valence-corrected chi connectivity index (χ2v) is 9.93. The van der Waals surface area contributed by atoms with Crippen molar-refractivity contribution in [3.63, 3.8) is 0 Å². The molecule has 0 spiro atoms. The van der Waals surface area contributed by atoms with Crippen molar-refractivity contribution in [2.24, 2.45) is 10.2 Å². The van der Waals surface area contributed by atoms with Gasteiger partial charge in [0.1, 0.15) is 0 Å². The first-order valence-corrected chi connectivity index (χ1v) is 12.8. The van der Waals surface area contributed by atoms with Crippen LogP contribution in [0.1, 0.15) is 44.5 Å². The number of azo groups is 1. The third-order valence-corrected chi connectivity index (χ3v) is 7.04. The molecule has 5 rings (SSSR count). The first-order chi connectivity index (χ1) is 17.9. The summed E-state index contributed by atoms with van der Waals surface area (Å²) < 4.78 is 0. The Morgan fingerprint density at radius 1 is 0.378 bits per heavy atom. The van der Waals surface area contributed by atoms with Crippen LogP contribution < -0.4 is 0 Å². The number of hydrogen-bond donors (Lipinski definition) is 0. The van der Waals surface area contributed by atoms with E-state index in [4.69, 9.17) is 0 Å². The summed E-state index contributed by atoms with van der Waals surface area (Å²) in [5.41, 5.74) is 11.0. The van der Waals surface area contributed by atoms with Crippen LogP contribution in [0.25, 0.3) is 0 Å². The quantitative estimate of drug-likeness (QED) is 0.171. The Morgan fingerprint density at radius 3 is 1.16 bits per heavy atom. The molecule has 0 radical (unpaired) electrons. The minimum atomic E-state index is -0.471. The summed E-state index contributed by atoms with van der Waals surface area (Å²) in [5.74, 6) is 0. The van der Waals surface area contributed by atoms with Crippen molar-refractivity contribution in [2.75, 3.05) is 0 Å². The van der Waals surface area contributed by atoms with E-state index in [-0.39, 0.29) is 0 Å². The Bertz CT molecular complexity index is 1400. The molecule has 0 aliphatic rings. The molecular weight excluding hydrogens is 448 g/mol. The van der Waals surface area contributed by atoms with Crippen molar-refractivity contribution >= 4 is 11.4 Å². The lowest BCUT2D eigenvalue weighted by atomic mass is 9.65. The average Bonchev–Trinajstić information content (AvgIpc) is 2.91. The second-order valence-electron chi connectivity index (χ2n) is 9.93. The molecule has 0 N–H and O–H groups in total. The lowest BCUT2D eigenvalue weighted by molar-refractivity contribution is 0.744. The molecule has 2 nitrogen and oxygen atoms in total. The van der Waals surface area contributed by atoms with Gasteiger partial charge in [0.05, 0.1) is 16.8 Å². The molecule has 0 saturated carbocycles. The summed E-state index contributed by atoms with van der Waals surface area (Å²) in [6.45, 7) is 8.47. The highest BCUT2D eigenvalue weighted by molar-refractivity contribution is 5.61. The van der Waals surface area contributed by atoms with Crippen LogP contribution in [0.2, 0.25) is 0 Å². The number of aryl methyl sites for hydroxylation is 4. The molecule has 37 heavy (non-hydrogen) atoms. The molecule has 0 aliphatic heterocycles. The molecule has 0 amide bonds. The van der Waals surface area contributed by atoms with Gasteiger partial charge in [-0.3, -0.25) is 0 Å². The average molecular weight is 481 g/mol. The van der Waals surface area contributed by atoms with Crippen molar-refractivity contribution in [3.8, 4) is 0 Å². The molecule has 0 saturated heterocycles. The fraction of sp³-hybridized carbons (Fsp3) is 0.143. The number of rotatable bonds is 6. The Kier molecular flexibility index (Phi) is 6.83. The maximum absolute atomic E-state index is 4.52. The van der Waals surface area contributed by atoms with Crippen molar-refractivity contribution in [2.45, 2.75) is 33.1 Å². The van der Waals surface area contributed by atoms with Gasteiger partial charge in [0.25, 0.3) is 0 Å². The monoisotopic (exact) mass is 480 g/mol. The topological polar surface area (TPSA) is 24.7 Å². The van der Waals surface area contributed by atoms with Crippen LogP contribution in [0.15, 0.2) is 132 Å². The summed E-state index contributed by atoms with van der Waals surface area (Å²) in [6.07, 6.45) is 0. The van der Waals surface area contributed by atoms with Gasteiger partial charge < -0.3 is 0 Å². The minimum absolute atomic E-state index is 0.471. The van der Waals surface area contributed by atoms with Crippen molar-refractivity contribution < 1.29 is 0 Å².